The molecule has 0 atom stereocenters. The Morgan fingerprint density at radius 2 is 2.04 bits per heavy atom. The molecule has 0 aliphatic heterocycles. The second-order valence-electron chi connectivity index (χ2n) is 4.77. The van der Waals surface area contributed by atoms with Gasteiger partial charge in [0, 0.05) is 11.2 Å². The Morgan fingerprint density at radius 3 is 2.71 bits per heavy atom. The first-order valence-corrected chi connectivity index (χ1v) is 9.38. The maximum Gasteiger partial charge on any atom is 0.278 e. The number of benzene rings is 1. The van der Waals surface area contributed by atoms with Crippen molar-refractivity contribution in [1.82, 2.24) is 20.0 Å². The predicted octanol–water partition coefficient (Wildman–Crippen LogP) is 4.85. The van der Waals surface area contributed by atoms with Crippen LogP contribution in [0.5, 0.6) is 0 Å². The van der Waals surface area contributed by atoms with E-state index in [0.29, 0.717) is 30.9 Å². The van der Waals surface area contributed by atoms with Gasteiger partial charge in [-0.25, -0.2) is 0 Å². The SMILES string of the molecule is O=C(Nc1nn(Cc2ccccc2Cl)cc1Br)c1n[nH]c(Br)c1Br. The van der Waals surface area contributed by atoms with E-state index in [4.69, 9.17) is 11.6 Å². The summed E-state index contributed by atoms with van der Waals surface area (Å²) in [5.74, 6) is 0.0191. The van der Waals surface area contributed by atoms with Crippen LogP contribution in [0.2, 0.25) is 5.02 Å². The van der Waals surface area contributed by atoms with Gasteiger partial charge in [0.2, 0.25) is 0 Å². The van der Waals surface area contributed by atoms with Crippen molar-refractivity contribution in [3.05, 3.63) is 60.3 Å². The van der Waals surface area contributed by atoms with Crippen LogP contribution in [-0.4, -0.2) is 25.9 Å². The minimum atomic E-state index is -0.382. The first kappa shape index (κ1) is 17.7. The van der Waals surface area contributed by atoms with Crippen LogP contribution in [0.15, 0.2) is 44.0 Å². The number of aromatic amines is 1. The Balaban J connectivity index is 1.78. The third kappa shape index (κ3) is 3.74. The summed E-state index contributed by atoms with van der Waals surface area (Å²) >= 11 is 16.1. The number of aromatic nitrogens is 4. The van der Waals surface area contributed by atoms with Crippen molar-refractivity contribution in [2.75, 3.05) is 5.32 Å². The van der Waals surface area contributed by atoms with Gasteiger partial charge >= 0.3 is 0 Å². The lowest BCUT2D eigenvalue weighted by Gasteiger charge is -2.04. The van der Waals surface area contributed by atoms with Crippen LogP contribution in [0.25, 0.3) is 0 Å². The lowest BCUT2D eigenvalue weighted by Crippen LogP contribution is -2.14. The lowest BCUT2D eigenvalue weighted by atomic mass is 10.2. The maximum atomic E-state index is 12.3. The molecule has 3 rings (SSSR count). The summed E-state index contributed by atoms with van der Waals surface area (Å²) in [5.41, 5.74) is 1.17. The van der Waals surface area contributed by atoms with E-state index in [1.807, 2.05) is 24.3 Å². The van der Waals surface area contributed by atoms with E-state index in [-0.39, 0.29) is 11.6 Å². The summed E-state index contributed by atoms with van der Waals surface area (Å²) in [4.78, 5) is 12.3. The van der Waals surface area contributed by atoms with Gasteiger partial charge in [-0.05, 0) is 59.4 Å². The number of halogens is 4. The van der Waals surface area contributed by atoms with E-state index in [1.54, 1.807) is 10.9 Å². The zero-order valence-corrected chi connectivity index (χ0v) is 17.4. The molecule has 0 bridgehead atoms. The highest BCUT2D eigenvalue weighted by Gasteiger charge is 2.19. The average molecular weight is 538 g/mol. The number of nitrogens with one attached hydrogen (secondary N) is 2. The van der Waals surface area contributed by atoms with E-state index in [1.165, 1.54) is 0 Å². The third-order valence-electron chi connectivity index (χ3n) is 3.12. The van der Waals surface area contributed by atoms with Gasteiger partial charge in [0.15, 0.2) is 11.5 Å². The van der Waals surface area contributed by atoms with E-state index >= 15 is 0 Å². The van der Waals surface area contributed by atoms with Gasteiger partial charge in [-0.1, -0.05) is 29.8 Å². The lowest BCUT2D eigenvalue weighted by molar-refractivity contribution is 0.102. The summed E-state index contributed by atoms with van der Waals surface area (Å²) in [6.45, 7) is 0.492. The van der Waals surface area contributed by atoms with Crippen LogP contribution in [0.1, 0.15) is 16.1 Å². The number of H-pyrrole nitrogens is 1. The molecule has 1 amide bonds. The molecule has 24 heavy (non-hydrogen) atoms. The second kappa shape index (κ2) is 7.38. The average Bonchev–Trinajstić information content (AvgIpc) is 3.05. The van der Waals surface area contributed by atoms with Crippen LogP contribution >= 0.6 is 59.4 Å². The molecule has 0 fully saturated rings. The van der Waals surface area contributed by atoms with E-state index < -0.39 is 0 Å². The maximum absolute atomic E-state index is 12.3. The van der Waals surface area contributed by atoms with Crippen molar-refractivity contribution in [2.24, 2.45) is 0 Å². The monoisotopic (exact) mass is 535 g/mol. The first-order chi connectivity index (χ1) is 11.5. The molecule has 0 spiro atoms. The van der Waals surface area contributed by atoms with Gasteiger partial charge in [0.25, 0.3) is 5.91 Å². The fraction of sp³-hybridized carbons (Fsp3) is 0.0714. The summed E-state index contributed by atoms with van der Waals surface area (Å²) in [5, 5.41) is 14.3. The third-order valence-corrected chi connectivity index (χ3v) is 5.95. The predicted molar refractivity (Wildman–Crippen MR) is 102 cm³/mol. The second-order valence-corrected chi connectivity index (χ2v) is 7.62. The summed E-state index contributed by atoms with van der Waals surface area (Å²) < 4.78 is 3.49. The van der Waals surface area contributed by atoms with Crippen molar-refractivity contribution in [3.8, 4) is 0 Å². The highest BCUT2D eigenvalue weighted by molar-refractivity contribution is 9.13. The highest BCUT2D eigenvalue weighted by Crippen LogP contribution is 2.26. The number of carbonyl (C=O) groups excluding carboxylic acids is 1. The highest BCUT2D eigenvalue weighted by atomic mass is 79.9. The molecule has 0 aliphatic rings. The Kier molecular flexibility index (Phi) is 5.43. The molecule has 2 heterocycles. The fourth-order valence-electron chi connectivity index (χ4n) is 1.99. The first-order valence-electron chi connectivity index (χ1n) is 6.62. The fourth-order valence-corrected chi connectivity index (χ4v) is 3.23. The minimum absolute atomic E-state index is 0.231. The van der Waals surface area contributed by atoms with Crippen LogP contribution in [0.3, 0.4) is 0 Å². The van der Waals surface area contributed by atoms with Crippen LogP contribution in [0, 0.1) is 0 Å². The molecule has 3 aromatic rings. The summed E-state index contributed by atoms with van der Waals surface area (Å²) in [6, 6.07) is 7.53. The zero-order valence-electron chi connectivity index (χ0n) is 11.9. The van der Waals surface area contributed by atoms with Crippen molar-refractivity contribution < 1.29 is 4.79 Å². The molecule has 1 aromatic carbocycles. The molecule has 0 saturated heterocycles. The van der Waals surface area contributed by atoms with Crippen LogP contribution in [-0.2, 0) is 6.54 Å². The Bertz CT molecular complexity index is 908. The van der Waals surface area contributed by atoms with Gasteiger partial charge < -0.3 is 5.32 Å². The number of anilines is 1. The molecule has 0 aliphatic carbocycles. The normalized spacial score (nSPS) is 10.8. The van der Waals surface area contributed by atoms with Gasteiger partial charge in [0.05, 0.1) is 15.5 Å². The summed E-state index contributed by atoms with van der Waals surface area (Å²) in [6.07, 6.45) is 1.77. The van der Waals surface area contributed by atoms with Crippen molar-refractivity contribution in [3.63, 3.8) is 0 Å². The van der Waals surface area contributed by atoms with Gasteiger partial charge in [-0.3, -0.25) is 14.6 Å². The quantitative estimate of drug-likeness (QED) is 0.499. The Labute approximate surface area is 167 Å². The molecule has 2 N–H and O–H groups in total. The standard InChI is InChI=1S/C14H9Br3ClN5O/c15-8-6-23(5-7-3-1-2-4-9(7)18)22-13(8)19-14(24)11-10(16)12(17)21-20-11/h1-4,6H,5H2,(H,20,21)(H,19,22,24). The molecule has 6 nitrogen and oxygen atoms in total. The molecule has 10 heteroatoms. The van der Waals surface area contributed by atoms with Crippen molar-refractivity contribution in [2.45, 2.75) is 6.54 Å². The van der Waals surface area contributed by atoms with Crippen molar-refractivity contribution >= 4 is 71.1 Å². The summed E-state index contributed by atoms with van der Waals surface area (Å²) in [7, 11) is 0. The Morgan fingerprint density at radius 1 is 1.29 bits per heavy atom. The molecule has 0 unspecified atom stereocenters. The number of hydrogen-bond donors (Lipinski definition) is 2. The number of hydrogen-bond acceptors (Lipinski definition) is 3. The molecule has 2 aromatic heterocycles. The van der Waals surface area contributed by atoms with Gasteiger partial charge in [-0.2, -0.15) is 10.2 Å². The largest absolute Gasteiger partial charge is 0.303 e. The molecular weight excluding hydrogens is 529 g/mol. The number of amides is 1. The molecule has 0 saturated carbocycles. The number of nitrogens with zero attached hydrogens (tertiary/aromatic N) is 3. The number of rotatable bonds is 4. The van der Waals surface area contributed by atoms with Crippen LogP contribution in [0.4, 0.5) is 5.82 Å². The number of carbonyl (C=O) groups is 1. The topological polar surface area (TPSA) is 75.6 Å². The smallest absolute Gasteiger partial charge is 0.278 e. The molecule has 0 radical (unpaired) electrons. The van der Waals surface area contributed by atoms with Crippen LogP contribution < -0.4 is 5.32 Å². The van der Waals surface area contributed by atoms with Gasteiger partial charge in [-0.15, -0.1) is 0 Å². The van der Waals surface area contributed by atoms with Gasteiger partial charge in [0.1, 0.15) is 4.60 Å². The van der Waals surface area contributed by atoms with E-state index in [2.05, 4.69) is 68.4 Å². The zero-order chi connectivity index (χ0) is 17.3. The van der Waals surface area contributed by atoms with E-state index in [9.17, 15) is 4.79 Å². The minimum Gasteiger partial charge on any atom is -0.303 e. The van der Waals surface area contributed by atoms with Crippen molar-refractivity contribution in [1.29, 1.82) is 0 Å². The van der Waals surface area contributed by atoms with E-state index in [0.717, 1.165) is 5.56 Å². The Hall–Kier alpha value is -1.16. The molecular formula is C14H9Br3ClN5O. The molecule has 124 valence electrons.